The van der Waals surface area contributed by atoms with E-state index >= 15 is 0 Å². The molecule has 16 heavy (non-hydrogen) atoms. The lowest BCUT2D eigenvalue weighted by Gasteiger charge is -2.13. The molecule has 5 heteroatoms. The van der Waals surface area contributed by atoms with Crippen molar-refractivity contribution in [2.45, 2.75) is 26.3 Å². The van der Waals surface area contributed by atoms with Crippen molar-refractivity contribution < 1.29 is 0 Å². The molecule has 2 heterocycles. The molecule has 0 spiro atoms. The predicted molar refractivity (Wildman–Crippen MR) is 69.1 cm³/mol. The van der Waals surface area contributed by atoms with Gasteiger partial charge in [0.25, 0.3) is 0 Å². The number of hydrogen-bond donors (Lipinski definition) is 1. The van der Waals surface area contributed by atoms with Gasteiger partial charge >= 0.3 is 0 Å². The van der Waals surface area contributed by atoms with Crippen molar-refractivity contribution in [3.05, 3.63) is 32.7 Å². The summed E-state index contributed by atoms with van der Waals surface area (Å²) in [5.74, 6) is 0. The lowest BCUT2D eigenvalue weighted by molar-refractivity contribution is 0.585. The van der Waals surface area contributed by atoms with E-state index in [1.165, 1.54) is 0 Å². The lowest BCUT2D eigenvalue weighted by Crippen LogP contribution is -2.23. The van der Waals surface area contributed by atoms with Gasteiger partial charge in [-0.2, -0.15) is 0 Å². The summed E-state index contributed by atoms with van der Waals surface area (Å²) in [4.78, 5) is 8.92. The van der Waals surface area contributed by atoms with Crippen molar-refractivity contribution in [2.24, 2.45) is 0 Å². The van der Waals surface area contributed by atoms with Gasteiger partial charge in [-0.05, 0) is 19.9 Å². The summed E-state index contributed by atoms with van der Waals surface area (Å²) in [5.41, 5.74) is 4.03. The fourth-order valence-corrected chi connectivity index (χ4v) is 2.94. The Balaban J connectivity index is 2.21. The highest BCUT2D eigenvalue weighted by Gasteiger charge is 2.18. The third-order valence-corrected chi connectivity index (χ3v) is 3.86. The molecule has 0 radical (unpaired) electrons. The van der Waals surface area contributed by atoms with Crippen molar-refractivity contribution >= 4 is 22.7 Å². The minimum absolute atomic E-state index is 0.157. The van der Waals surface area contributed by atoms with E-state index in [4.69, 9.17) is 0 Å². The van der Waals surface area contributed by atoms with Gasteiger partial charge in [0.15, 0.2) is 0 Å². The van der Waals surface area contributed by atoms with Crippen LogP contribution in [0.3, 0.4) is 0 Å². The average Bonchev–Trinajstić information content (AvgIpc) is 2.91. The molecule has 0 fully saturated rings. The molecule has 0 saturated carbocycles. The van der Waals surface area contributed by atoms with Crippen molar-refractivity contribution in [1.29, 1.82) is 0 Å². The van der Waals surface area contributed by atoms with Gasteiger partial charge in [0.05, 0.1) is 11.2 Å². The third kappa shape index (κ3) is 2.66. The zero-order valence-electron chi connectivity index (χ0n) is 9.43. The topological polar surface area (TPSA) is 37.8 Å². The van der Waals surface area contributed by atoms with Crippen LogP contribution in [0.15, 0.2) is 16.3 Å². The van der Waals surface area contributed by atoms with Crippen LogP contribution < -0.4 is 5.32 Å². The zero-order valence-corrected chi connectivity index (χ0v) is 11.1. The first-order valence-corrected chi connectivity index (χ1v) is 7.17. The van der Waals surface area contributed by atoms with Gasteiger partial charge in [0.1, 0.15) is 11.0 Å². The number of thiazole rings is 2. The summed E-state index contributed by atoms with van der Waals surface area (Å²) < 4.78 is 0. The molecule has 0 saturated heterocycles. The third-order valence-electron chi connectivity index (χ3n) is 2.23. The Morgan fingerprint density at radius 2 is 2.31 bits per heavy atom. The molecule has 0 aromatic carbocycles. The number of aryl methyl sites for hydroxylation is 1. The molecule has 3 nitrogen and oxygen atoms in total. The van der Waals surface area contributed by atoms with Gasteiger partial charge in [-0.1, -0.05) is 6.92 Å². The molecule has 2 rings (SSSR count). The molecule has 0 amide bonds. The van der Waals surface area contributed by atoms with Crippen molar-refractivity contribution in [3.8, 4) is 0 Å². The number of hydrogen-bond acceptors (Lipinski definition) is 5. The average molecular weight is 253 g/mol. The second-order valence-electron chi connectivity index (χ2n) is 3.63. The van der Waals surface area contributed by atoms with E-state index in [0.717, 1.165) is 29.4 Å². The quantitative estimate of drug-likeness (QED) is 0.890. The maximum Gasteiger partial charge on any atom is 0.116 e. The summed E-state index contributed by atoms with van der Waals surface area (Å²) in [7, 11) is 0. The van der Waals surface area contributed by atoms with Crippen LogP contribution in [0.2, 0.25) is 0 Å². The van der Waals surface area contributed by atoms with Crippen LogP contribution in [0.25, 0.3) is 0 Å². The van der Waals surface area contributed by atoms with E-state index in [2.05, 4.69) is 33.0 Å². The molecule has 1 unspecified atom stereocenters. The molecule has 2 aromatic rings. The van der Waals surface area contributed by atoms with Crippen molar-refractivity contribution in [1.82, 2.24) is 15.3 Å². The second-order valence-corrected chi connectivity index (χ2v) is 5.24. The largest absolute Gasteiger partial charge is 0.303 e. The minimum atomic E-state index is 0.157. The molecule has 0 bridgehead atoms. The number of aromatic nitrogens is 2. The highest BCUT2D eigenvalue weighted by molar-refractivity contribution is 7.09. The molecular formula is C11H15N3S2. The molecule has 2 aromatic heterocycles. The van der Waals surface area contributed by atoms with E-state index in [-0.39, 0.29) is 6.04 Å². The van der Waals surface area contributed by atoms with Crippen LogP contribution in [0.1, 0.15) is 35.8 Å². The lowest BCUT2D eigenvalue weighted by atomic mass is 10.2. The first kappa shape index (κ1) is 11.7. The van der Waals surface area contributed by atoms with E-state index in [1.807, 2.05) is 12.4 Å². The fourth-order valence-electron chi connectivity index (χ4n) is 1.48. The summed E-state index contributed by atoms with van der Waals surface area (Å²) >= 11 is 3.33. The molecule has 0 aliphatic heterocycles. The fraction of sp³-hybridized carbons (Fsp3) is 0.455. The molecule has 1 atom stereocenters. The highest BCUT2D eigenvalue weighted by Crippen LogP contribution is 2.24. The standard InChI is InChI=1S/C11H15N3S2/c1-3-4-12-10(9-6-15-7-13-9)11-14-8(2)5-16-11/h5-7,10,12H,3-4H2,1-2H3. The van der Waals surface area contributed by atoms with E-state index in [1.54, 1.807) is 22.7 Å². The monoisotopic (exact) mass is 253 g/mol. The molecule has 0 aliphatic carbocycles. The Morgan fingerprint density at radius 1 is 1.44 bits per heavy atom. The maximum absolute atomic E-state index is 4.54. The molecular weight excluding hydrogens is 238 g/mol. The summed E-state index contributed by atoms with van der Waals surface area (Å²) in [6.07, 6.45) is 1.12. The Morgan fingerprint density at radius 3 is 2.88 bits per heavy atom. The zero-order chi connectivity index (χ0) is 11.4. The Labute approximate surface area is 104 Å². The van der Waals surface area contributed by atoms with Crippen molar-refractivity contribution in [3.63, 3.8) is 0 Å². The van der Waals surface area contributed by atoms with Gasteiger partial charge < -0.3 is 5.32 Å². The summed E-state index contributed by atoms with van der Waals surface area (Å²) in [5, 5.41) is 8.77. The van der Waals surface area contributed by atoms with Gasteiger partial charge in [-0.25, -0.2) is 9.97 Å². The number of rotatable bonds is 5. The number of nitrogens with zero attached hydrogens (tertiary/aromatic N) is 2. The van der Waals surface area contributed by atoms with Crippen LogP contribution >= 0.6 is 22.7 Å². The van der Waals surface area contributed by atoms with Crippen molar-refractivity contribution in [2.75, 3.05) is 6.54 Å². The predicted octanol–water partition coefficient (Wildman–Crippen LogP) is 3.00. The van der Waals surface area contributed by atoms with Crippen LogP contribution in [0.4, 0.5) is 0 Å². The van der Waals surface area contributed by atoms with Crippen LogP contribution in [-0.2, 0) is 0 Å². The molecule has 1 N–H and O–H groups in total. The highest BCUT2D eigenvalue weighted by atomic mass is 32.1. The summed E-state index contributed by atoms with van der Waals surface area (Å²) in [6, 6.07) is 0.157. The first-order chi connectivity index (χ1) is 7.81. The van der Waals surface area contributed by atoms with E-state index in [0.29, 0.717) is 0 Å². The Kier molecular flexibility index (Phi) is 4.04. The Hall–Kier alpha value is -0.780. The van der Waals surface area contributed by atoms with E-state index in [9.17, 15) is 0 Å². The molecule has 0 aliphatic rings. The number of nitrogens with one attached hydrogen (secondary N) is 1. The van der Waals surface area contributed by atoms with Crippen LogP contribution in [0.5, 0.6) is 0 Å². The van der Waals surface area contributed by atoms with Crippen LogP contribution in [-0.4, -0.2) is 16.5 Å². The Bertz CT molecular complexity index is 422. The minimum Gasteiger partial charge on any atom is -0.303 e. The maximum atomic E-state index is 4.54. The summed E-state index contributed by atoms with van der Waals surface area (Å²) in [6.45, 7) is 5.18. The molecule has 86 valence electrons. The smallest absolute Gasteiger partial charge is 0.116 e. The van der Waals surface area contributed by atoms with Gasteiger partial charge in [-0.3, -0.25) is 0 Å². The van der Waals surface area contributed by atoms with Gasteiger partial charge in [-0.15, -0.1) is 22.7 Å². The normalized spacial score (nSPS) is 12.9. The van der Waals surface area contributed by atoms with Crippen LogP contribution in [0, 0.1) is 6.92 Å². The van der Waals surface area contributed by atoms with Gasteiger partial charge in [0.2, 0.25) is 0 Å². The van der Waals surface area contributed by atoms with Gasteiger partial charge in [0, 0.05) is 16.5 Å². The SMILES string of the molecule is CCCNC(c1cscn1)c1nc(C)cs1. The first-order valence-electron chi connectivity index (χ1n) is 5.34. The van der Waals surface area contributed by atoms with E-state index < -0.39 is 0 Å². The second kappa shape index (κ2) is 5.52.